The molecule has 1 fully saturated rings. The molecule has 0 spiro atoms. The first-order valence-electron chi connectivity index (χ1n) is 8.78. The summed E-state index contributed by atoms with van der Waals surface area (Å²) in [6.45, 7) is 5.33. The van der Waals surface area contributed by atoms with E-state index in [0.29, 0.717) is 13.1 Å². The largest absolute Gasteiger partial charge is 0.337 e. The molecule has 5 heteroatoms. The van der Waals surface area contributed by atoms with Crippen molar-refractivity contribution < 1.29 is 4.79 Å². The molecule has 1 aliphatic rings. The number of carbonyl (C=O) groups excluding carboxylic acids is 1. The average molecular weight is 338 g/mol. The molecule has 1 aliphatic heterocycles. The number of aryl methyl sites for hydroxylation is 2. The van der Waals surface area contributed by atoms with Gasteiger partial charge in [-0.05, 0) is 30.0 Å². The number of likely N-dealkylation sites (tertiary alicyclic amines) is 1. The lowest BCUT2D eigenvalue weighted by atomic mass is 10.0. The van der Waals surface area contributed by atoms with Crippen molar-refractivity contribution in [2.75, 3.05) is 13.1 Å². The fourth-order valence-corrected chi connectivity index (χ4v) is 3.41. The third-order valence-corrected chi connectivity index (χ3v) is 5.07. The van der Waals surface area contributed by atoms with Crippen LogP contribution in [0.2, 0.25) is 0 Å². The van der Waals surface area contributed by atoms with E-state index in [2.05, 4.69) is 36.2 Å². The molecule has 1 amide bonds. The standard InChI is InChI=1S/C20H26N4O/c1-4-15-5-7-16(8-6-15)14(2)9-20(25)24-11-17(18(21)12-24)19-10-22-13-23(19)3/h5-10,13,17-18H,4,11-12,21H2,1-3H3/b14-9+/t17-,18-/m1/s1. The number of nitrogens with two attached hydrogens (primary N) is 1. The Balaban J connectivity index is 1.71. The van der Waals surface area contributed by atoms with E-state index in [4.69, 9.17) is 5.73 Å². The summed E-state index contributed by atoms with van der Waals surface area (Å²) in [6.07, 6.45) is 6.35. The van der Waals surface area contributed by atoms with E-state index in [0.717, 1.165) is 23.3 Å². The van der Waals surface area contributed by atoms with Gasteiger partial charge in [-0.15, -0.1) is 0 Å². The highest BCUT2D eigenvalue weighted by atomic mass is 16.2. The monoisotopic (exact) mass is 338 g/mol. The van der Waals surface area contributed by atoms with Gasteiger partial charge in [-0.2, -0.15) is 0 Å². The quantitative estimate of drug-likeness (QED) is 0.870. The van der Waals surface area contributed by atoms with Gasteiger partial charge in [0.15, 0.2) is 0 Å². The van der Waals surface area contributed by atoms with Crippen LogP contribution in [-0.2, 0) is 18.3 Å². The molecule has 25 heavy (non-hydrogen) atoms. The predicted molar refractivity (Wildman–Crippen MR) is 100.0 cm³/mol. The predicted octanol–water partition coefficient (Wildman–Crippen LogP) is 2.34. The molecule has 0 bridgehead atoms. The highest BCUT2D eigenvalue weighted by Crippen LogP contribution is 2.26. The van der Waals surface area contributed by atoms with Gasteiger partial charge in [-0.25, -0.2) is 4.98 Å². The van der Waals surface area contributed by atoms with Crippen LogP contribution in [0.3, 0.4) is 0 Å². The maximum Gasteiger partial charge on any atom is 0.246 e. The van der Waals surface area contributed by atoms with Crippen LogP contribution < -0.4 is 5.73 Å². The zero-order chi connectivity index (χ0) is 18.0. The number of hydrogen-bond donors (Lipinski definition) is 1. The fourth-order valence-electron chi connectivity index (χ4n) is 3.41. The third-order valence-electron chi connectivity index (χ3n) is 5.07. The molecule has 2 N–H and O–H groups in total. The Morgan fingerprint density at radius 3 is 2.64 bits per heavy atom. The molecule has 0 saturated carbocycles. The lowest BCUT2D eigenvalue weighted by Crippen LogP contribution is -2.31. The van der Waals surface area contributed by atoms with Crippen LogP contribution in [0.5, 0.6) is 0 Å². The second kappa shape index (κ2) is 7.23. The van der Waals surface area contributed by atoms with E-state index in [9.17, 15) is 4.79 Å². The topological polar surface area (TPSA) is 64.2 Å². The van der Waals surface area contributed by atoms with Crippen LogP contribution in [0.15, 0.2) is 42.9 Å². The number of aromatic nitrogens is 2. The van der Waals surface area contributed by atoms with Gasteiger partial charge in [0.1, 0.15) is 0 Å². The van der Waals surface area contributed by atoms with Crippen LogP contribution in [0.1, 0.15) is 36.6 Å². The van der Waals surface area contributed by atoms with Crippen LogP contribution >= 0.6 is 0 Å². The highest BCUT2D eigenvalue weighted by Gasteiger charge is 2.34. The zero-order valence-electron chi connectivity index (χ0n) is 15.1. The van der Waals surface area contributed by atoms with Crippen molar-refractivity contribution in [1.29, 1.82) is 0 Å². The van der Waals surface area contributed by atoms with Crippen molar-refractivity contribution in [3.63, 3.8) is 0 Å². The summed E-state index contributed by atoms with van der Waals surface area (Å²) in [4.78, 5) is 18.7. The summed E-state index contributed by atoms with van der Waals surface area (Å²) < 4.78 is 1.98. The van der Waals surface area contributed by atoms with Gasteiger partial charge in [0.05, 0.1) is 6.33 Å². The van der Waals surface area contributed by atoms with Crippen molar-refractivity contribution in [3.8, 4) is 0 Å². The molecular formula is C20H26N4O. The van der Waals surface area contributed by atoms with Gasteiger partial charge < -0.3 is 15.2 Å². The number of rotatable bonds is 4. The van der Waals surface area contributed by atoms with E-state index in [1.165, 1.54) is 5.56 Å². The fraction of sp³-hybridized carbons (Fsp3) is 0.400. The molecule has 2 aromatic rings. The maximum absolute atomic E-state index is 12.7. The van der Waals surface area contributed by atoms with Gasteiger partial charge in [-0.3, -0.25) is 4.79 Å². The Morgan fingerprint density at radius 2 is 2.04 bits per heavy atom. The number of amides is 1. The number of imidazole rings is 1. The molecule has 0 unspecified atom stereocenters. The van der Waals surface area contributed by atoms with Crippen molar-refractivity contribution >= 4 is 11.5 Å². The van der Waals surface area contributed by atoms with E-state index < -0.39 is 0 Å². The van der Waals surface area contributed by atoms with Gasteiger partial charge >= 0.3 is 0 Å². The molecule has 0 aliphatic carbocycles. The summed E-state index contributed by atoms with van der Waals surface area (Å²) >= 11 is 0. The summed E-state index contributed by atoms with van der Waals surface area (Å²) in [5.74, 6) is 0.159. The molecule has 132 valence electrons. The van der Waals surface area contributed by atoms with E-state index in [1.54, 1.807) is 12.4 Å². The summed E-state index contributed by atoms with van der Waals surface area (Å²) in [5, 5.41) is 0. The molecule has 2 heterocycles. The molecule has 1 aromatic carbocycles. The van der Waals surface area contributed by atoms with Crippen LogP contribution in [0.25, 0.3) is 5.57 Å². The van der Waals surface area contributed by atoms with E-state index in [1.807, 2.05) is 29.6 Å². The van der Waals surface area contributed by atoms with Crippen LogP contribution in [0, 0.1) is 0 Å². The number of hydrogen-bond acceptors (Lipinski definition) is 3. The molecule has 5 nitrogen and oxygen atoms in total. The smallest absolute Gasteiger partial charge is 0.246 e. The minimum atomic E-state index is -0.0584. The second-order valence-electron chi connectivity index (χ2n) is 6.82. The van der Waals surface area contributed by atoms with E-state index >= 15 is 0 Å². The Kier molecular flexibility index (Phi) is 5.04. The van der Waals surface area contributed by atoms with Gasteiger partial charge in [-0.1, -0.05) is 31.2 Å². The van der Waals surface area contributed by atoms with Crippen molar-refractivity contribution in [2.45, 2.75) is 32.2 Å². The minimum absolute atomic E-state index is 0.0252. The second-order valence-corrected chi connectivity index (χ2v) is 6.82. The first-order chi connectivity index (χ1) is 12.0. The number of carbonyl (C=O) groups is 1. The third kappa shape index (κ3) is 3.66. The summed E-state index contributed by atoms with van der Waals surface area (Å²) in [7, 11) is 1.96. The first-order valence-corrected chi connectivity index (χ1v) is 8.78. The number of allylic oxidation sites excluding steroid dienone is 1. The van der Waals surface area contributed by atoms with Gasteiger partial charge in [0.25, 0.3) is 0 Å². The first kappa shape index (κ1) is 17.4. The lowest BCUT2D eigenvalue weighted by molar-refractivity contribution is -0.125. The van der Waals surface area contributed by atoms with Crippen molar-refractivity contribution in [2.24, 2.45) is 12.8 Å². The molecule has 1 aromatic heterocycles. The van der Waals surface area contributed by atoms with Crippen LogP contribution in [-0.4, -0.2) is 39.5 Å². The summed E-state index contributed by atoms with van der Waals surface area (Å²) in [5.41, 5.74) is 10.7. The van der Waals surface area contributed by atoms with Crippen molar-refractivity contribution in [1.82, 2.24) is 14.5 Å². The Labute approximate surface area is 149 Å². The molecule has 0 radical (unpaired) electrons. The Bertz CT molecular complexity index is 775. The molecular weight excluding hydrogens is 312 g/mol. The summed E-state index contributed by atoms with van der Waals surface area (Å²) in [6, 6.07) is 8.32. The zero-order valence-corrected chi connectivity index (χ0v) is 15.1. The van der Waals surface area contributed by atoms with Crippen LogP contribution in [0.4, 0.5) is 0 Å². The lowest BCUT2D eigenvalue weighted by Gasteiger charge is -2.15. The SMILES string of the molecule is CCc1ccc(/C(C)=C/C(=O)N2C[C@@H](N)[C@H](c3cncn3C)C2)cc1. The number of nitrogens with zero attached hydrogens (tertiary/aromatic N) is 3. The Morgan fingerprint density at radius 1 is 1.32 bits per heavy atom. The maximum atomic E-state index is 12.7. The van der Waals surface area contributed by atoms with E-state index in [-0.39, 0.29) is 17.9 Å². The van der Waals surface area contributed by atoms with Gasteiger partial charge in [0.2, 0.25) is 5.91 Å². The van der Waals surface area contributed by atoms with Crippen molar-refractivity contribution in [3.05, 3.63) is 59.7 Å². The molecule has 2 atom stereocenters. The average Bonchev–Trinajstić information content (AvgIpc) is 3.20. The number of benzene rings is 1. The molecule has 3 rings (SSSR count). The highest BCUT2D eigenvalue weighted by molar-refractivity contribution is 5.95. The normalized spacial score (nSPS) is 21.0. The minimum Gasteiger partial charge on any atom is -0.337 e. The molecule has 1 saturated heterocycles. The van der Waals surface area contributed by atoms with Gasteiger partial charge in [0, 0.05) is 50.1 Å². The Hall–Kier alpha value is -2.40.